The van der Waals surface area contributed by atoms with E-state index in [-0.39, 0.29) is 5.60 Å². The Morgan fingerprint density at radius 1 is 1.40 bits per heavy atom. The van der Waals surface area contributed by atoms with Crippen molar-refractivity contribution < 1.29 is 9.47 Å². The number of hydrogen-bond acceptors (Lipinski definition) is 4. The highest BCUT2D eigenvalue weighted by Gasteiger charge is 2.43. The van der Waals surface area contributed by atoms with Gasteiger partial charge in [-0.15, -0.1) is 0 Å². The molecule has 4 nitrogen and oxygen atoms in total. The average molecular weight is 276 g/mol. The standard InChI is InChI=1S/C16H24N2O2/c1-12-3-4-14(10-18-12)15(17-2)13-5-7-20-16(9-13)6-8-19-11-16/h3-4,10,13,15,17H,5-9,11H2,1-2H3. The molecule has 1 N–H and O–H groups in total. The molecule has 1 spiro atoms. The summed E-state index contributed by atoms with van der Waals surface area (Å²) in [5.74, 6) is 0.583. The Morgan fingerprint density at radius 3 is 2.95 bits per heavy atom. The Hall–Kier alpha value is -0.970. The van der Waals surface area contributed by atoms with Crippen molar-refractivity contribution in [2.75, 3.05) is 26.9 Å². The topological polar surface area (TPSA) is 43.4 Å². The van der Waals surface area contributed by atoms with Crippen LogP contribution in [-0.2, 0) is 9.47 Å². The zero-order valence-corrected chi connectivity index (χ0v) is 12.4. The van der Waals surface area contributed by atoms with Gasteiger partial charge in [-0.05, 0) is 44.4 Å². The highest BCUT2D eigenvalue weighted by Crippen LogP contribution is 2.40. The van der Waals surface area contributed by atoms with Crippen LogP contribution in [0.25, 0.3) is 0 Å². The largest absolute Gasteiger partial charge is 0.378 e. The van der Waals surface area contributed by atoms with Gasteiger partial charge in [0.1, 0.15) is 0 Å². The van der Waals surface area contributed by atoms with Gasteiger partial charge in [-0.3, -0.25) is 4.98 Å². The maximum absolute atomic E-state index is 6.04. The van der Waals surface area contributed by atoms with E-state index in [1.165, 1.54) is 5.56 Å². The van der Waals surface area contributed by atoms with Gasteiger partial charge in [-0.2, -0.15) is 0 Å². The molecule has 0 amide bonds. The molecule has 3 unspecified atom stereocenters. The predicted octanol–water partition coefficient (Wildman–Crippen LogP) is 2.24. The highest BCUT2D eigenvalue weighted by atomic mass is 16.6. The molecule has 2 aliphatic rings. The van der Waals surface area contributed by atoms with E-state index >= 15 is 0 Å². The van der Waals surface area contributed by atoms with Crippen LogP contribution < -0.4 is 5.32 Å². The van der Waals surface area contributed by atoms with E-state index < -0.39 is 0 Å². The first-order valence-electron chi connectivity index (χ1n) is 7.54. The summed E-state index contributed by atoms with van der Waals surface area (Å²) in [5, 5.41) is 3.48. The number of pyridine rings is 1. The smallest absolute Gasteiger partial charge is 0.0940 e. The number of hydrogen-bond donors (Lipinski definition) is 1. The molecular weight excluding hydrogens is 252 g/mol. The minimum atomic E-state index is -0.0316. The summed E-state index contributed by atoms with van der Waals surface area (Å²) in [6, 6.07) is 4.63. The molecule has 4 heteroatoms. The van der Waals surface area contributed by atoms with Crippen LogP contribution in [0.5, 0.6) is 0 Å². The molecule has 2 fully saturated rings. The molecule has 2 saturated heterocycles. The van der Waals surface area contributed by atoms with Crippen LogP contribution in [-0.4, -0.2) is 37.5 Å². The van der Waals surface area contributed by atoms with Crippen molar-refractivity contribution >= 4 is 0 Å². The Balaban J connectivity index is 1.76. The molecule has 0 aliphatic carbocycles. The van der Waals surface area contributed by atoms with Gasteiger partial charge >= 0.3 is 0 Å². The first-order chi connectivity index (χ1) is 9.72. The Kier molecular flexibility index (Phi) is 4.06. The number of nitrogens with one attached hydrogen (secondary N) is 1. The lowest BCUT2D eigenvalue weighted by Crippen LogP contribution is -2.43. The molecule has 2 aliphatic heterocycles. The summed E-state index contributed by atoms with van der Waals surface area (Å²) in [6.45, 7) is 4.46. The molecule has 0 bridgehead atoms. The van der Waals surface area contributed by atoms with Gasteiger partial charge in [0.2, 0.25) is 0 Å². The van der Waals surface area contributed by atoms with Gasteiger partial charge in [0.15, 0.2) is 0 Å². The second kappa shape index (κ2) is 5.80. The second-order valence-electron chi connectivity index (χ2n) is 6.09. The van der Waals surface area contributed by atoms with Crippen LogP contribution in [0, 0.1) is 12.8 Å². The molecule has 3 rings (SSSR count). The number of rotatable bonds is 3. The molecule has 0 saturated carbocycles. The summed E-state index contributed by atoms with van der Waals surface area (Å²) in [7, 11) is 2.04. The molecular formula is C16H24N2O2. The number of ether oxygens (including phenoxy) is 2. The number of aromatic nitrogens is 1. The molecule has 20 heavy (non-hydrogen) atoms. The van der Waals surface area contributed by atoms with E-state index in [1.54, 1.807) is 0 Å². The lowest BCUT2D eigenvalue weighted by atomic mass is 9.79. The van der Waals surface area contributed by atoms with Gasteiger partial charge in [-0.25, -0.2) is 0 Å². The third-order valence-corrected chi connectivity index (χ3v) is 4.67. The van der Waals surface area contributed by atoms with E-state index in [2.05, 4.69) is 22.4 Å². The zero-order chi connectivity index (χ0) is 14.0. The Bertz CT molecular complexity index is 440. The van der Waals surface area contributed by atoms with Crippen molar-refractivity contribution in [3.05, 3.63) is 29.6 Å². The maximum atomic E-state index is 6.04. The summed E-state index contributed by atoms with van der Waals surface area (Å²) in [6.07, 6.45) is 5.21. The van der Waals surface area contributed by atoms with Gasteiger partial charge in [0.05, 0.1) is 12.2 Å². The fraction of sp³-hybridized carbons (Fsp3) is 0.688. The van der Waals surface area contributed by atoms with E-state index in [1.807, 2.05) is 20.2 Å². The zero-order valence-electron chi connectivity index (χ0n) is 12.4. The molecule has 1 aromatic rings. The van der Waals surface area contributed by atoms with E-state index in [0.29, 0.717) is 12.0 Å². The molecule has 0 radical (unpaired) electrons. The summed E-state index contributed by atoms with van der Waals surface area (Å²) in [4.78, 5) is 4.44. The summed E-state index contributed by atoms with van der Waals surface area (Å²) < 4.78 is 11.6. The van der Waals surface area contributed by atoms with Crippen LogP contribution in [0.2, 0.25) is 0 Å². The number of aryl methyl sites for hydroxylation is 1. The predicted molar refractivity (Wildman–Crippen MR) is 77.6 cm³/mol. The first kappa shape index (κ1) is 14.0. The van der Waals surface area contributed by atoms with Crippen molar-refractivity contribution in [2.24, 2.45) is 5.92 Å². The normalized spacial score (nSPS) is 31.6. The monoisotopic (exact) mass is 276 g/mol. The quantitative estimate of drug-likeness (QED) is 0.919. The van der Waals surface area contributed by atoms with Crippen LogP contribution in [0.15, 0.2) is 18.3 Å². The summed E-state index contributed by atoms with van der Waals surface area (Å²) in [5.41, 5.74) is 2.31. The molecule has 1 aromatic heterocycles. The van der Waals surface area contributed by atoms with Crippen molar-refractivity contribution in [1.29, 1.82) is 0 Å². The van der Waals surface area contributed by atoms with Gasteiger partial charge in [0.25, 0.3) is 0 Å². The third-order valence-electron chi connectivity index (χ3n) is 4.67. The fourth-order valence-corrected chi connectivity index (χ4v) is 3.55. The van der Waals surface area contributed by atoms with Crippen molar-refractivity contribution in [1.82, 2.24) is 10.3 Å². The summed E-state index contributed by atoms with van der Waals surface area (Å²) >= 11 is 0. The van der Waals surface area contributed by atoms with E-state index in [9.17, 15) is 0 Å². The van der Waals surface area contributed by atoms with Crippen LogP contribution in [0.3, 0.4) is 0 Å². The number of nitrogens with zero attached hydrogens (tertiary/aromatic N) is 1. The Morgan fingerprint density at radius 2 is 2.30 bits per heavy atom. The average Bonchev–Trinajstić information content (AvgIpc) is 2.90. The Labute approximate surface area is 120 Å². The lowest BCUT2D eigenvalue weighted by Gasteiger charge is -2.40. The first-order valence-corrected chi connectivity index (χ1v) is 7.54. The molecule has 3 atom stereocenters. The molecule has 0 aromatic carbocycles. The lowest BCUT2D eigenvalue weighted by molar-refractivity contribution is -0.103. The van der Waals surface area contributed by atoms with Crippen molar-refractivity contribution in [3.63, 3.8) is 0 Å². The fourth-order valence-electron chi connectivity index (χ4n) is 3.55. The van der Waals surface area contributed by atoms with E-state index in [4.69, 9.17) is 9.47 Å². The SMILES string of the molecule is CNC(c1ccc(C)nc1)C1CCOC2(CCOC2)C1. The van der Waals surface area contributed by atoms with Crippen molar-refractivity contribution in [2.45, 2.75) is 37.8 Å². The molecule has 110 valence electrons. The maximum Gasteiger partial charge on any atom is 0.0940 e. The van der Waals surface area contributed by atoms with Gasteiger partial charge in [-0.1, -0.05) is 6.07 Å². The van der Waals surface area contributed by atoms with Gasteiger partial charge < -0.3 is 14.8 Å². The van der Waals surface area contributed by atoms with Gasteiger partial charge in [0, 0.05) is 37.6 Å². The van der Waals surface area contributed by atoms with Crippen LogP contribution in [0.1, 0.15) is 36.6 Å². The minimum Gasteiger partial charge on any atom is -0.378 e. The minimum absolute atomic E-state index is 0.0316. The third kappa shape index (κ3) is 2.73. The molecule has 3 heterocycles. The van der Waals surface area contributed by atoms with E-state index in [0.717, 1.165) is 44.8 Å². The second-order valence-corrected chi connectivity index (χ2v) is 6.09. The van der Waals surface area contributed by atoms with Crippen LogP contribution in [0.4, 0.5) is 0 Å². The highest BCUT2D eigenvalue weighted by molar-refractivity contribution is 5.18. The van der Waals surface area contributed by atoms with Crippen LogP contribution >= 0.6 is 0 Å². The van der Waals surface area contributed by atoms with Crippen molar-refractivity contribution in [3.8, 4) is 0 Å².